The van der Waals surface area contributed by atoms with Crippen LogP contribution in [0.2, 0.25) is 0 Å². The summed E-state index contributed by atoms with van der Waals surface area (Å²) in [5, 5.41) is 2.37. The Kier molecular flexibility index (Phi) is 10.9. The number of rotatable bonds is 11. The largest absolute Gasteiger partial charge is 0.489 e. The van der Waals surface area contributed by atoms with Crippen molar-refractivity contribution in [1.82, 2.24) is 19.7 Å². The van der Waals surface area contributed by atoms with Crippen LogP contribution < -0.4 is 4.74 Å². The number of carbonyl (C=O) groups excluding carboxylic acids is 2. The van der Waals surface area contributed by atoms with Gasteiger partial charge in [-0.2, -0.15) is 13.2 Å². The summed E-state index contributed by atoms with van der Waals surface area (Å²) >= 11 is 1.33. The minimum Gasteiger partial charge on any atom is -0.489 e. The molecule has 0 spiro atoms. The van der Waals surface area contributed by atoms with Crippen LogP contribution >= 0.6 is 11.3 Å². The summed E-state index contributed by atoms with van der Waals surface area (Å²) in [5.74, 6) is 0.490. The van der Waals surface area contributed by atoms with Crippen LogP contribution in [0, 0.1) is 0 Å². The van der Waals surface area contributed by atoms with Crippen LogP contribution in [0.25, 0.3) is 0 Å². The number of halogens is 3. The molecule has 1 aliphatic rings. The summed E-state index contributed by atoms with van der Waals surface area (Å²) in [6.07, 6.45) is -4.83. The van der Waals surface area contributed by atoms with E-state index in [1.807, 2.05) is 59.5 Å². The Balaban J connectivity index is 1.26. The highest BCUT2D eigenvalue weighted by atomic mass is 32.1. The van der Waals surface area contributed by atoms with E-state index in [1.54, 1.807) is 28.2 Å². The van der Waals surface area contributed by atoms with Crippen LogP contribution in [-0.4, -0.2) is 64.5 Å². The number of nitrogens with zero attached hydrogens (tertiary/aromatic N) is 4. The molecule has 5 rings (SSSR count). The number of benzene rings is 3. The Labute approximate surface area is 270 Å². The molecule has 0 unspecified atom stereocenters. The summed E-state index contributed by atoms with van der Waals surface area (Å²) in [5.41, 5.74) is 2.13. The molecular weight excluding hydrogens is 617 g/mol. The highest BCUT2D eigenvalue weighted by Crippen LogP contribution is 2.30. The zero-order valence-corrected chi connectivity index (χ0v) is 26.2. The summed E-state index contributed by atoms with van der Waals surface area (Å²) in [6, 6.07) is 22.8. The Morgan fingerprint density at radius 2 is 1.52 bits per heavy atom. The number of hydrogen-bond donors (Lipinski definition) is 0. The van der Waals surface area contributed by atoms with Crippen LogP contribution in [0.15, 0.2) is 84.2 Å². The van der Waals surface area contributed by atoms with E-state index < -0.39 is 11.7 Å². The Hall–Kier alpha value is -4.42. The van der Waals surface area contributed by atoms with Gasteiger partial charge >= 0.3 is 12.3 Å². The number of amides is 2. The molecule has 12 heteroatoms. The number of carbonyl (C=O) groups is 2. The van der Waals surface area contributed by atoms with Gasteiger partial charge in [-0.05, 0) is 41.8 Å². The molecule has 0 N–H and O–H groups in total. The van der Waals surface area contributed by atoms with Gasteiger partial charge in [0, 0.05) is 44.6 Å². The lowest BCUT2D eigenvalue weighted by Gasteiger charge is -2.33. The van der Waals surface area contributed by atoms with Crippen molar-refractivity contribution in [3.05, 3.63) is 117 Å². The summed E-state index contributed by atoms with van der Waals surface area (Å²) in [6.45, 7) is 4.99. The third kappa shape index (κ3) is 9.07. The van der Waals surface area contributed by atoms with Crippen molar-refractivity contribution in [1.29, 1.82) is 0 Å². The number of aromatic nitrogens is 1. The summed E-state index contributed by atoms with van der Waals surface area (Å²) in [7, 11) is 0. The molecule has 1 saturated heterocycles. The Bertz CT molecular complexity index is 1590. The van der Waals surface area contributed by atoms with Crippen molar-refractivity contribution in [2.45, 2.75) is 39.3 Å². The topological polar surface area (TPSA) is 75.2 Å². The third-order valence-electron chi connectivity index (χ3n) is 7.46. The number of piperazine rings is 1. The van der Waals surface area contributed by atoms with Gasteiger partial charge in [0.05, 0.1) is 18.7 Å². The monoisotopic (exact) mass is 652 g/mol. The van der Waals surface area contributed by atoms with Crippen molar-refractivity contribution in [2.24, 2.45) is 0 Å². The first-order valence-corrected chi connectivity index (χ1v) is 15.9. The van der Waals surface area contributed by atoms with Crippen LogP contribution in [0.1, 0.15) is 44.7 Å². The quantitative estimate of drug-likeness (QED) is 0.176. The lowest BCUT2D eigenvalue weighted by Crippen LogP contribution is -2.50. The summed E-state index contributed by atoms with van der Waals surface area (Å²) < 4.78 is 51.3. The van der Waals surface area contributed by atoms with Gasteiger partial charge in [-0.3, -0.25) is 9.69 Å². The molecule has 1 aliphatic heterocycles. The average molecular weight is 653 g/mol. The second kappa shape index (κ2) is 15.2. The number of alkyl halides is 3. The fraction of sp³-hybridized carbons (Fsp3) is 0.324. The first-order chi connectivity index (χ1) is 22.2. The maximum atomic E-state index is 13.4. The van der Waals surface area contributed by atoms with Crippen molar-refractivity contribution in [3.8, 4) is 5.75 Å². The first-order valence-electron chi connectivity index (χ1n) is 15.0. The van der Waals surface area contributed by atoms with Crippen molar-refractivity contribution < 1.29 is 32.2 Å². The van der Waals surface area contributed by atoms with Crippen molar-refractivity contribution in [2.75, 3.05) is 32.8 Å². The van der Waals surface area contributed by atoms with E-state index in [-0.39, 0.29) is 18.5 Å². The molecule has 46 heavy (non-hydrogen) atoms. The molecule has 1 aromatic heterocycles. The lowest BCUT2D eigenvalue weighted by molar-refractivity contribution is -0.137. The number of ether oxygens (including phenoxy) is 2. The molecule has 4 aromatic rings. The Morgan fingerprint density at radius 3 is 2.22 bits per heavy atom. The predicted octanol–water partition coefficient (Wildman–Crippen LogP) is 6.86. The second-order valence-corrected chi connectivity index (χ2v) is 11.8. The molecule has 0 aliphatic carbocycles. The van der Waals surface area contributed by atoms with E-state index in [1.165, 1.54) is 23.5 Å². The molecule has 2 heterocycles. The third-order valence-corrected chi connectivity index (χ3v) is 8.29. The van der Waals surface area contributed by atoms with Gasteiger partial charge in [0.1, 0.15) is 23.1 Å². The molecule has 8 nitrogen and oxygen atoms in total. The molecular formula is C34H35F3N4O4S. The van der Waals surface area contributed by atoms with Crippen LogP contribution in [0.5, 0.6) is 5.75 Å². The first kappa shape index (κ1) is 33.0. The zero-order valence-electron chi connectivity index (χ0n) is 25.4. The highest BCUT2D eigenvalue weighted by molar-refractivity contribution is 7.09. The van der Waals surface area contributed by atoms with Gasteiger partial charge in [0.2, 0.25) is 0 Å². The van der Waals surface area contributed by atoms with Gasteiger partial charge in [0.15, 0.2) is 0 Å². The van der Waals surface area contributed by atoms with E-state index in [9.17, 15) is 22.8 Å². The fourth-order valence-corrected chi connectivity index (χ4v) is 5.91. The normalized spacial score (nSPS) is 13.6. The molecule has 2 amide bonds. The van der Waals surface area contributed by atoms with Gasteiger partial charge in [-0.15, -0.1) is 11.3 Å². The maximum absolute atomic E-state index is 13.4. The van der Waals surface area contributed by atoms with Gasteiger partial charge in [-0.1, -0.05) is 60.7 Å². The molecule has 3 aromatic carbocycles. The van der Waals surface area contributed by atoms with Gasteiger partial charge in [0.25, 0.3) is 5.91 Å². The fourth-order valence-electron chi connectivity index (χ4n) is 5.10. The smallest absolute Gasteiger partial charge is 0.416 e. The minimum absolute atomic E-state index is 0.221. The van der Waals surface area contributed by atoms with Crippen molar-refractivity contribution >= 4 is 23.3 Å². The molecule has 0 atom stereocenters. The van der Waals surface area contributed by atoms with Crippen LogP contribution in [0.4, 0.5) is 18.0 Å². The number of hydrogen-bond acceptors (Lipinski definition) is 7. The minimum atomic E-state index is -4.44. The number of thiazole rings is 1. The van der Waals surface area contributed by atoms with Crippen LogP contribution in [0.3, 0.4) is 0 Å². The van der Waals surface area contributed by atoms with E-state index in [4.69, 9.17) is 9.47 Å². The molecule has 0 radical (unpaired) electrons. The zero-order chi connectivity index (χ0) is 32.5. The maximum Gasteiger partial charge on any atom is 0.416 e. The predicted molar refractivity (Wildman–Crippen MR) is 168 cm³/mol. The van der Waals surface area contributed by atoms with Crippen molar-refractivity contribution in [3.63, 3.8) is 0 Å². The second-order valence-electron chi connectivity index (χ2n) is 10.9. The van der Waals surface area contributed by atoms with Crippen LogP contribution in [-0.2, 0) is 37.2 Å². The SMILES string of the molecule is CCOC(=O)N1CCN(C(=O)c2csc(CN(Cc3ccc(OCc4ccccc4)cc3)Cc3cccc(C(F)(F)F)c3)n2)CC1. The van der Waals surface area contributed by atoms with E-state index >= 15 is 0 Å². The molecule has 0 bridgehead atoms. The Morgan fingerprint density at radius 1 is 0.848 bits per heavy atom. The van der Waals surface area contributed by atoms with Gasteiger partial charge in [-0.25, -0.2) is 9.78 Å². The molecule has 242 valence electrons. The van der Waals surface area contributed by atoms with E-state index in [0.29, 0.717) is 74.5 Å². The van der Waals surface area contributed by atoms with E-state index in [2.05, 4.69) is 4.98 Å². The molecule has 0 saturated carbocycles. The summed E-state index contributed by atoms with van der Waals surface area (Å²) in [4.78, 5) is 35.0. The molecule has 1 fully saturated rings. The average Bonchev–Trinajstić information content (AvgIpc) is 3.53. The van der Waals surface area contributed by atoms with E-state index in [0.717, 1.165) is 17.2 Å². The van der Waals surface area contributed by atoms with Gasteiger partial charge < -0.3 is 19.3 Å². The lowest BCUT2D eigenvalue weighted by atomic mass is 10.1. The highest BCUT2D eigenvalue weighted by Gasteiger charge is 2.31. The standard InChI is InChI=1S/C34H35F3N4O4S/c1-2-44-33(43)41-17-15-40(16-18-41)32(42)30-24-46-31(38-30)22-39(21-27-9-6-10-28(19-27)34(35,36)37)20-25-11-13-29(14-12-25)45-23-26-7-4-3-5-8-26/h3-14,19,24H,2,15-18,20-23H2,1H3.